The Bertz CT molecular complexity index is 453. The van der Waals surface area contributed by atoms with Crippen LogP contribution in [0, 0.1) is 25.7 Å². The van der Waals surface area contributed by atoms with Crippen molar-refractivity contribution in [3.63, 3.8) is 0 Å². The number of aliphatic hydroxyl groups is 1. The van der Waals surface area contributed by atoms with Crippen LogP contribution in [0.25, 0.3) is 0 Å². The van der Waals surface area contributed by atoms with Crippen LogP contribution in [0.5, 0.6) is 5.75 Å². The standard InChI is InChI=1S/C18H29NO2/c1-12-6-13(2)10-19(9-12)11-17(20)18-14(3)7-16(21-5)8-15(18)4/h7-8,12-13,17,20H,6,9-11H2,1-5H3. The van der Waals surface area contributed by atoms with Crippen LogP contribution in [0.4, 0.5) is 0 Å². The molecule has 0 saturated carbocycles. The van der Waals surface area contributed by atoms with E-state index in [4.69, 9.17) is 4.74 Å². The number of piperidine rings is 1. The minimum Gasteiger partial charge on any atom is -0.497 e. The summed E-state index contributed by atoms with van der Waals surface area (Å²) in [4.78, 5) is 2.41. The van der Waals surface area contributed by atoms with Crippen molar-refractivity contribution < 1.29 is 9.84 Å². The zero-order chi connectivity index (χ0) is 15.6. The third-order valence-electron chi connectivity index (χ3n) is 4.51. The van der Waals surface area contributed by atoms with E-state index in [1.165, 1.54) is 6.42 Å². The molecule has 1 aliphatic heterocycles. The van der Waals surface area contributed by atoms with Crippen LogP contribution in [0.2, 0.25) is 0 Å². The highest BCUT2D eigenvalue weighted by molar-refractivity contribution is 5.42. The molecule has 1 aromatic rings. The molecule has 0 spiro atoms. The van der Waals surface area contributed by atoms with E-state index in [-0.39, 0.29) is 0 Å². The highest BCUT2D eigenvalue weighted by atomic mass is 16.5. The van der Waals surface area contributed by atoms with Gasteiger partial charge in [-0.2, -0.15) is 0 Å². The predicted molar refractivity (Wildman–Crippen MR) is 86.8 cm³/mol. The van der Waals surface area contributed by atoms with Gasteiger partial charge in [-0.3, -0.25) is 4.90 Å². The van der Waals surface area contributed by atoms with E-state index in [0.29, 0.717) is 0 Å². The van der Waals surface area contributed by atoms with Crippen LogP contribution in [-0.4, -0.2) is 36.8 Å². The largest absolute Gasteiger partial charge is 0.497 e. The molecule has 1 heterocycles. The van der Waals surface area contributed by atoms with Crippen LogP contribution in [0.1, 0.15) is 43.1 Å². The Hall–Kier alpha value is -1.06. The summed E-state index contributed by atoms with van der Waals surface area (Å²) in [6.45, 7) is 11.6. The van der Waals surface area contributed by atoms with Crippen LogP contribution < -0.4 is 4.74 Å². The summed E-state index contributed by atoms with van der Waals surface area (Å²) in [6, 6.07) is 4.01. The number of β-amino-alcohol motifs (C(OH)–C–C–N with tert-alkyl or cyclic N) is 1. The van der Waals surface area contributed by atoms with Crippen molar-refractivity contribution in [1.82, 2.24) is 4.90 Å². The molecule has 1 aromatic carbocycles. The second-order valence-corrected chi connectivity index (χ2v) is 6.86. The van der Waals surface area contributed by atoms with Crippen LogP contribution in [-0.2, 0) is 0 Å². The zero-order valence-electron chi connectivity index (χ0n) is 14.0. The van der Waals surface area contributed by atoms with Crippen LogP contribution in [0.3, 0.4) is 0 Å². The third-order valence-corrected chi connectivity index (χ3v) is 4.51. The lowest BCUT2D eigenvalue weighted by Gasteiger charge is -2.36. The molecule has 21 heavy (non-hydrogen) atoms. The van der Waals surface area contributed by atoms with E-state index in [2.05, 4.69) is 32.6 Å². The minimum absolute atomic E-state index is 0.423. The van der Waals surface area contributed by atoms with Gasteiger partial charge in [0.05, 0.1) is 13.2 Å². The third kappa shape index (κ3) is 3.98. The Balaban J connectivity index is 2.11. The SMILES string of the molecule is COc1cc(C)c(C(O)CN2CC(C)CC(C)C2)c(C)c1. The zero-order valence-corrected chi connectivity index (χ0v) is 14.0. The van der Waals surface area contributed by atoms with E-state index < -0.39 is 6.10 Å². The molecule has 0 aromatic heterocycles. The van der Waals surface area contributed by atoms with Gasteiger partial charge in [0.2, 0.25) is 0 Å². The molecular formula is C18H29NO2. The van der Waals surface area contributed by atoms with Gasteiger partial charge in [-0.1, -0.05) is 13.8 Å². The molecule has 1 saturated heterocycles. The number of nitrogens with zero attached hydrogens (tertiary/aromatic N) is 1. The Morgan fingerprint density at radius 2 is 1.71 bits per heavy atom. The quantitative estimate of drug-likeness (QED) is 0.923. The van der Waals surface area contributed by atoms with E-state index >= 15 is 0 Å². The van der Waals surface area contributed by atoms with Crippen molar-refractivity contribution in [1.29, 1.82) is 0 Å². The molecule has 0 aliphatic carbocycles. The van der Waals surface area contributed by atoms with Gasteiger partial charge in [0.15, 0.2) is 0 Å². The topological polar surface area (TPSA) is 32.7 Å². The maximum atomic E-state index is 10.7. The Kier molecular flexibility index (Phi) is 5.28. The maximum absolute atomic E-state index is 10.7. The fourth-order valence-corrected chi connectivity index (χ4v) is 3.86. The lowest BCUT2D eigenvalue weighted by atomic mass is 9.91. The second-order valence-electron chi connectivity index (χ2n) is 6.86. The Morgan fingerprint density at radius 3 is 2.19 bits per heavy atom. The molecule has 3 unspecified atom stereocenters. The molecule has 3 nitrogen and oxygen atoms in total. The monoisotopic (exact) mass is 291 g/mol. The van der Waals surface area contributed by atoms with E-state index in [1.54, 1.807) is 7.11 Å². The molecule has 2 rings (SSSR count). The van der Waals surface area contributed by atoms with Crippen LogP contribution >= 0.6 is 0 Å². The lowest BCUT2D eigenvalue weighted by Crippen LogP contribution is -2.41. The molecule has 118 valence electrons. The first-order valence-electron chi connectivity index (χ1n) is 7.96. The molecule has 1 fully saturated rings. The first kappa shape index (κ1) is 16.3. The van der Waals surface area contributed by atoms with Gasteiger partial charge in [-0.25, -0.2) is 0 Å². The number of methoxy groups -OCH3 is 1. The summed E-state index contributed by atoms with van der Waals surface area (Å²) < 4.78 is 5.30. The van der Waals surface area contributed by atoms with Crippen LogP contribution in [0.15, 0.2) is 12.1 Å². The summed E-state index contributed by atoms with van der Waals surface area (Å²) in [6.07, 6.45) is 0.876. The number of aryl methyl sites for hydroxylation is 2. The van der Waals surface area contributed by atoms with Gasteiger partial charge in [0.25, 0.3) is 0 Å². The molecule has 1 aliphatic rings. The summed E-state index contributed by atoms with van der Waals surface area (Å²) in [5.74, 6) is 2.30. The smallest absolute Gasteiger partial charge is 0.119 e. The number of hydrogen-bond acceptors (Lipinski definition) is 3. The normalized spacial score (nSPS) is 24.9. The average Bonchev–Trinajstić information content (AvgIpc) is 2.36. The van der Waals surface area contributed by atoms with Crippen molar-refractivity contribution in [3.8, 4) is 5.75 Å². The average molecular weight is 291 g/mol. The van der Waals surface area contributed by atoms with Crippen molar-refractivity contribution in [2.75, 3.05) is 26.7 Å². The summed E-state index contributed by atoms with van der Waals surface area (Å²) in [5.41, 5.74) is 3.27. The minimum atomic E-state index is -0.423. The van der Waals surface area contributed by atoms with Gasteiger partial charge >= 0.3 is 0 Å². The van der Waals surface area contributed by atoms with Gasteiger partial charge in [0.1, 0.15) is 5.75 Å². The van der Waals surface area contributed by atoms with Crippen molar-refractivity contribution in [2.45, 2.75) is 40.2 Å². The summed E-state index contributed by atoms with van der Waals surface area (Å²) in [5, 5.41) is 10.7. The summed E-state index contributed by atoms with van der Waals surface area (Å²) >= 11 is 0. The molecule has 0 amide bonds. The van der Waals surface area contributed by atoms with E-state index in [0.717, 1.165) is 53.9 Å². The number of aliphatic hydroxyl groups excluding tert-OH is 1. The fraction of sp³-hybridized carbons (Fsp3) is 0.667. The fourth-order valence-electron chi connectivity index (χ4n) is 3.86. The van der Waals surface area contributed by atoms with Gasteiger partial charge in [0, 0.05) is 19.6 Å². The number of rotatable bonds is 4. The first-order valence-corrected chi connectivity index (χ1v) is 7.96. The number of hydrogen-bond donors (Lipinski definition) is 1. The molecular weight excluding hydrogens is 262 g/mol. The van der Waals surface area contributed by atoms with Crippen molar-refractivity contribution >= 4 is 0 Å². The second kappa shape index (κ2) is 6.80. The summed E-state index contributed by atoms with van der Waals surface area (Å²) in [7, 11) is 1.68. The van der Waals surface area contributed by atoms with E-state index in [9.17, 15) is 5.11 Å². The molecule has 3 heteroatoms. The van der Waals surface area contributed by atoms with Gasteiger partial charge < -0.3 is 9.84 Å². The van der Waals surface area contributed by atoms with Gasteiger partial charge in [-0.05, 0) is 60.9 Å². The number of ether oxygens (including phenoxy) is 1. The highest BCUT2D eigenvalue weighted by Crippen LogP contribution is 2.29. The number of likely N-dealkylation sites (tertiary alicyclic amines) is 1. The van der Waals surface area contributed by atoms with E-state index in [1.807, 2.05) is 12.1 Å². The maximum Gasteiger partial charge on any atom is 0.119 e. The van der Waals surface area contributed by atoms with Gasteiger partial charge in [-0.15, -0.1) is 0 Å². The molecule has 0 radical (unpaired) electrons. The first-order chi connectivity index (χ1) is 9.90. The molecule has 3 atom stereocenters. The molecule has 0 bridgehead atoms. The Morgan fingerprint density at radius 1 is 1.19 bits per heavy atom. The highest BCUT2D eigenvalue weighted by Gasteiger charge is 2.25. The predicted octanol–water partition coefficient (Wildman–Crippen LogP) is 3.32. The van der Waals surface area contributed by atoms with Crippen molar-refractivity contribution in [2.24, 2.45) is 11.8 Å². The number of benzene rings is 1. The Labute approximate surface area is 128 Å². The molecule has 1 N–H and O–H groups in total. The van der Waals surface area contributed by atoms with Crippen molar-refractivity contribution in [3.05, 3.63) is 28.8 Å². The lowest BCUT2D eigenvalue weighted by molar-refractivity contribution is 0.0693.